The van der Waals surface area contributed by atoms with Gasteiger partial charge in [0, 0.05) is 30.9 Å². The minimum absolute atomic E-state index is 0.176. The molecule has 1 unspecified atom stereocenters. The number of likely N-dealkylation sites (N-methyl/N-ethyl adjacent to an activating group) is 1. The Kier molecular flexibility index (Phi) is 5.89. The Morgan fingerprint density at radius 2 is 1.92 bits per heavy atom. The molecule has 3 rings (SSSR count). The van der Waals surface area contributed by atoms with Crippen LogP contribution >= 0.6 is 0 Å². The minimum Gasteiger partial charge on any atom is -0.370 e. The maximum atomic E-state index is 14.1. The summed E-state index contributed by atoms with van der Waals surface area (Å²) in [6.07, 6.45) is 2.23. The molecule has 1 N–H and O–H groups in total. The molecule has 0 aliphatic carbocycles. The molecule has 1 amide bonds. The van der Waals surface area contributed by atoms with Crippen molar-refractivity contribution in [2.24, 2.45) is 0 Å². The van der Waals surface area contributed by atoms with Crippen LogP contribution in [0.25, 0.3) is 0 Å². The fourth-order valence-electron chi connectivity index (χ4n) is 3.61. The number of halogens is 1. The summed E-state index contributed by atoms with van der Waals surface area (Å²) in [4.78, 5) is 16.7. The molecule has 0 aromatic heterocycles. The number of carbonyl (C=O) groups is 1. The second-order valence-electron chi connectivity index (χ2n) is 6.90. The Morgan fingerprint density at radius 1 is 1.19 bits per heavy atom. The van der Waals surface area contributed by atoms with E-state index in [0.717, 1.165) is 25.9 Å². The molecule has 5 heteroatoms. The van der Waals surface area contributed by atoms with Gasteiger partial charge in [-0.05, 0) is 44.6 Å². The number of benzene rings is 2. The number of rotatable bonds is 6. The highest BCUT2D eigenvalue weighted by molar-refractivity contribution is 5.83. The maximum absolute atomic E-state index is 14.1. The molecule has 1 aliphatic heterocycles. The lowest BCUT2D eigenvalue weighted by Crippen LogP contribution is -2.42. The first-order valence-electron chi connectivity index (χ1n) is 9.09. The molecule has 1 heterocycles. The van der Waals surface area contributed by atoms with Crippen LogP contribution in [0.3, 0.4) is 0 Å². The summed E-state index contributed by atoms with van der Waals surface area (Å²) >= 11 is 0. The topological polar surface area (TPSA) is 35.6 Å². The molecule has 2 aromatic rings. The van der Waals surface area contributed by atoms with Crippen molar-refractivity contribution in [3.05, 3.63) is 65.5 Å². The molecular formula is C21H26FN3O. The highest BCUT2D eigenvalue weighted by Gasteiger charge is 2.25. The van der Waals surface area contributed by atoms with E-state index in [-0.39, 0.29) is 11.7 Å². The predicted molar refractivity (Wildman–Crippen MR) is 103 cm³/mol. The van der Waals surface area contributed by atoms with Crippen LogP contribution in [0.1, 0.15) is 23.6 Å². The van der Waals surface area contributed by atoms with Gasteiger partial charge in [0.15, 0.2) is 0 Å². The molecule has 1 atom stereocenters. The summed E-state index contributed by atoms with van der Waals surface area (Å²) in [7, 11) is 3.58. The lowest BCUT2D eigenvalue weighted by atomic mass is 10.0. The molecule has 0 radical (unpaired) electrons. The van der Waals surface area contributed by atoms with Crippen molar-refractivity contribution in [3.8, 4) is 0 Å². The molecule has 26 heavy (non-hydrogen) atoms. The van der Waals surface area contributed by atoms with Crippen LogP contribution in [0, 0.1) is 5.82 Å². The molecule has 0 fully saturated rings. The quantitative estimate of drug-likeness (QED) is 0.865. The standard InChI is InChI=1S/C21H26FN3O/c1-24(2)20(17-10-4-5-11-18(17)22)21(26)23-13-15-25-14-7-9-16-8-3-6-12-19(16)25/h3-6,8,10-12,20H,7,9,13-15H2,1-2H3,(H,23,26). The van der Waals surface area contributed by atoms with E-state index in [0.29, 0.717) is 12.1 Å². The van der Waals surface area contributed by atoms with Crippen LogP contribution in [0.5, 0.6) is 0 Å². The smallest absolute Gasteiger partial charge is 0.242 e. The number of amides is 1. The highest BCUT2D eigenvalue weighted by Crippen LogP contribution is 2.26. The van der Waals surface area contributed by atoms with E-state index in [2.05, 4.69) is 34.5 Å². The number of nitrogens with zero attached hydrogens (tertiary/aromatic N) is 2. The summed E-state index contributed by atoms with van der Waals surface area (Å²) in [6, 6.07) is 14.2. The zero-order chi connectivity index (χ0) is 18.5. The molecule has 0 saturated carbocycles. The first kappa shape index (κ1) is 18.4. The second-order valence-corrected chi connectivity index (χ2v) is 6.90. The average molecular weight is 355 g/mol. The van der Waals surface area contributed by atoms with Gasteiger partial charge in [-0.3, -0.25) is 9.69 Å². The van der Waals surface area contributed by atoms with E-state index in [1.165, 1.54) is 17.3 Å². The Morgan fingerprint density at radius 3 is 2.69 bits per heavy atom. The van der Waals surface area contributed by atoms with Gasteiger partial charge in [0.05, 0.1) is 0 Å². The van der Waals surface area contributed by atoms with Crippen LogP contribution in [-0.4, -0.2) is 44.5 Å². The number of fused-ring (bicyclic) bond motifs is 1. The van der Waals surface area contributed by atoms with Crippen LogP contribution in [0.4, 0.5) is 10.1 Å². The third-order valence-electron chi connectivity index (χ3n) is 4.85. The van der Waals surface area contributed by atoms with Crippen molar-refractivity contribution in [2.45, 2.75) is 18.9 Å². The van der Waals surface area contributed by atoms with Gasteiger partial charge < -0.3 is 10.2 Å². The number of nitrogens with one attached hydrogen (secondary N) is 1. The fourth-order valence-corrected chi connectivity index (χ4v) is 3.61. The van der Waals surface area contributed by atoms with Crippen LogP contribution in [0.15, 0.2) is 48.5 Å². The van der Waals surface area contributed by atoms with Crippen molar-refractivity contribution >= 4 is 11.6 Å². The molecule has 0 bridgehead atoms. The summed E-state index contributed by atoms with van der Waals surface area (Å²) in [5.74, 6) is -0.531. The van der Waals surface area contributed by atoms with Crippen molar-refractivity contribution in [1.29, 1.82) is 0 Å². The van der Waals surface area contributed by atoms with Gasteiger partial charge in [-0.1, -0.05) is 36.4 Å². The van der Waals surface area contributed by atoms with Crippen molar-refractivity contribution in [2.75, 3.05) is 38.6 Å². The lowest BCUT2D eigenvalue weighted by molar-refractivity contribution is -0.125. The third-order valence-corrected chi connectivity index (χ3v) is 4.85. The molecule has 0 saturated heterocycles. The number of hydrogen-bond donors (Lipinski definition) is 1. The van der Waals surface area contributed by atoms with E-state index >= 15 is 0 Å². The van der Waals surface area contributed by atoms with Crippen molar-refractivity contribution < 1.29 is 9.18 Å². The van der Waals surface area contributed by atoms with E-state index in [1.54, 1.807) is 37.2 Å². The molecule has 4 nitrogen and oxygen atoms in total. The number of hydrogen-bond acceptors (Lipinski definition) is 3. The largest absolute Gasteiger partial charge is 0.370 e. The SMILES string of the molecule is CN(C)C(C(=O)NCCN1CCCc2ccccc21)c1ccccc1F. The zero-order valence-corrected chi connectivity index (χ0v) is 15.4. The lowest BCUT2D eigenvalue weighted by Gasteiger charge is -2.31. The Hall–Kier alpha value is -2.40. The van der Waals surface area contributed by atoms with Crippen LogP contribution in [0.2, 0.25) is 0 Å². The molecule has 0 spiro atoms. The van der Waals surface area contributed by atoms with Gasteiger partial charge in [0.25, 0.3) is 0 Å². The fraction of sp³-hybridized carbons (Fsp3) is 0.381. The van der Waals surface area contributed by atoms with Gasteiger partial charge in [-0.25, -0.2) is 4.39 Å². The number of anilines is 1. The predicted octanol–water partition coefficient (Wildman–Crippen LogP) is 3.00. The Balaban J connectivity index is 1.62. The number of para-hydroxylation sites is 1. The molecular weight excluding hydrogens is 329 g/mol. The number of carbonyl (C=O) groups excluding carboxylic acids is 1. The van der Waals surface area contributed by atoms with Gasteiger partial charge >= 0.3 is 0 Å². The summed E-state index contributed by atoms with van der Waals surface area (Å²) in [5, 5.41) is 2.98. The first-order chi connectivity index (χ1) is 12.6. The zero-order valence-electron chi connectivity index (χ0n) is 15.4. The van der Waals surface area contributed by atoms with Gasteiger partial charge in [0.2, 0.25) is 5.91 Å². The Labute approximate surface area is 154 Å². The van der Waals surface area contributed by atoms with Crippen molar-refractivity contribution in [3.63, 3.8) is 0 Å². The highest BCUT2D eigenvalue weighted by atomic mass is 19.1. The van der Waals surface area contributed by atoms with Crippen LogP contribution in [-0.2, 0) is 11.2 Å². The number of aryl methyl sites for hydroxylation is 1. The monoisotopic (exact) mass is 355 g/mol. The summed E-state index contributed by atoms with van der Waals surface area (Å²) < 4.78 is 14.1. The normalized spacial score (nSPS) is 14.8. The molecule has 138 valence electrons. The Bertz CT molecular complexity index is 762. The maximum Gasteiger partial charge on any atom is 0.242 e. The molecule has 2 aromatic carbocycles. The van der Waals surface area contributed by atoms with Gasteiger partial charge in [-0.15, -0.1) is 0 Å². The average Bonchev–Trinajstić information content (AvgIpc) is 2.63. The summed E-state index contributed by atoms with van der Waals surface area (Å²) in [6.45, 7) is 2.28. The molecule has 1 aliphatic rings. The van der Waals surface area contributed by atoms with E-state index in [1.807, 2.05) is 0 Å². The minimum atomic E-state index is -0.634. The van der Waals surface area contributed by atoms with E-state index in [4.69, 9.17) is 0 Å². The van der Waals surface area contributed by atoms with Crippen LogP contribution < -0.4 is 10.2 Å². The van der Waals surface area contributed by atoms with Crippen molar-refractivity contribution in [1.82, 2.24) is 10.2 Å². The second kappa shape index (κ2) is 8.32. The van der Waals surface area contributed by atoms with E-state index in [9.17, 15) is 9.18 Å². The van der Waals surface area contributed by atoms with Gasteiger partial charge in [-0.2, -0.15) is 0 Å². The van der Waals surface area contributed by atoms with E-state index < -0.39 is 6.04 Å². The summed E-state index contributed by atoms with van der Waals surface area (Å²) in [5.41, 5.74) is 3.02. The van der Waals surface area contributed by atoms with Gasteiger partial charge in [0.1, 0.15) is 11.9 Å². The first-order valence-corrected chi connectivity index (χ1v) is 9.09. The third kappa shape index (κ3) is 4.05.